The molecule has 0 fully saturated rings. The average Bonchev–Trinajstić information content (AvgIpc) is 2.34. The lowest BCUT2D eigenvalue weighted by atomic mass is 10.1. The van der Waals surface area contributed by atoms with E-state index in [4.69, 9.17) is 9.47 Å². The van der Waals surface area contributed by atoms with Crippen LogP contribution in [0.25, 0.3) is 0 Å². The molecule has 0 saturated heterocycles. The maximum absolute atomic E-state index is 11.5. The number of halogens is 2. The summed E-state index contributed by atoms with van der Waals surface area (Å²) in [6, 6.07) is 1.74. The molecular formula is C13H14I2O4. The Morgan fingerprint density at radius 3 is 2.53 bits per heavy atom. The Hall–Kier alpha value is -0.510. The van der Waals surface area contributed by atoms with Crippen molar-refractivity contribution < 1.29 is 19.4 Å². The van der Waals surface area contributed by atoms with Crippen LogP contribution in [0.4, 0.5) is 0 Å². The van der Waals surface area contributed by atoms with Crippen LogP contribution in [0.15, 0.2) is 18.2 Å². The van der Waals surface area contributed by atoms with Crippen LogP contribution < -0.4 is 4.74 Å². The Kier molecular flexibility index (Phi) is 5.90. The molecule has 0 spiro atoms. The number of aromatic hydroxyl groups is 1. The van der Waals surface area contributed by atoms with Crippen LogP contribution in [0.5, 0.6) is 11.5 Å². The summed E-state index contributed by atoms with van der Waals surface area (Å²) in [6.45, 7) is 6.81. The van der Waals surface area contributed by atoms with Crippen molar-refractivity contribution in [1.82, 2.24) is 0 Å². The first kappa shape index (κ1) is 16.5. The molecule has 0 aromatic heterocycles. The molecule has 19 heavy (non-hydrogen) atoms. The lowest BCUT2D eigenvalue weighted by Gasteiger charge is -2.18. The second-order valence-corrected chi connectivity index (χ2v) is 6.21. The van der Waals surface area contributed by atoms with Gasteiger partial charge in [-0.05, 0) is 65.1 Å². The Morgan fingerprint density at radius 2 is 2.05 bits per heavy atom. The van der Waals surface area contributed by atoms with Gasteiger partial charge in [-0.15, -0.1) is 0 Å². The molecular weight excluding hydrogens is 474 g/mol. The molecule has 0 heterocycles. The van der Waals surface area contributed by atoms with E-state index in [2.05, 4.69) is 29.2 Å². The first-order valence-electron chi connectivity index (χ1n) is 5.40. The molecule has 1 N–H and O–H groups in total. The number of rotatable bonds is 4. The minimum absolute atomic E-state index is 0.0693. The van der Waals surface area contributed by atoms with E-state index < -0.39 is 12.1 Å². The maximum Gasteiger partial charge on any atom is 0.333 e. The number of carbonyl (C=O) groups is 1. The van der Waals surface area contributed by atoms with Crippen molar-refractivity contribution in [2.75, 3.05) is 7.11 Å². The fraction of sp³-hybridized carbons (Fsp3) is 0.308. The van der Waals surface area contributed by atoms with Gasteiger partial charge in [-0.1, -0.05) is 6.58 Å². The molecule has 104 valence electrons. The largest absolute Gasteiger partial charge is 0.506 e. The number of esters is 1. The van der Waals surface area contributed by atoms with Crippen molar-refractivity contribution in [3.63, 3.8) is 0 Å². The van der Waals surface area contributed by atoms with E-state index in [9.17, 15) is 9.90 Å². The molecule has 6 heteroatoms. The number of carbonyl (C=O) groups excluding carboxylic acids is 1. The topological polar surface area (TPSA) is 55.8 Å². The predicted octanol–water partition coefficient (Wildman–Crippen LogP) is 3.79. The van der Waals surface area contributed by atoms with Crippen molar-refractivity contribution in [2.24, 2.45) is 0 Å². The number of benzene rings is 1. The molecule has 0 saturated carbocycles. The lowest BCUT2D eigenvalue weighted by molar-refractivity contribution is -0.143. The Balaban J connectivity index is 3.14. The quantitative estimate of drug-likeness (QED) is 0.399. The highest BCUT2D eigenvalue weighted by Crippen LogP contribution is 2.40. The first-order chi connectivity index (χ1) is 8.79. The monoisotopic (exact) mass is 488 g/mol. The van der Waals surface area contributed by atoms with Crippen molar-refractivity contribution in [3.05, 3.63) is 30.9 Å². The molecule has 4 nitrogen and oxygen atoms in total. The second-order valence-electron chi connectivity index (χ2n) is 3.97. The number of hydrogen-bond acceptors (Lipinski definition) is 4. The summed E-state index contributed by atoms with van der Waals surface area (Å²) >= 11 is 4.11. The van der Waals surface area contributed by atoms with Crippen LogP contribution in [0, 0.1) is 7.14 Å². The molecule has 1 unspecified atom stereocenters. The molecule has 0 bridgehead atoms. The zero-order valence-corrected chi connectivity index (χ0v) is 15.1. The number of ether oxygens (including phenoxy) is 2. The van der Waals surface area contributed by atoms with Gasteiger partial charge in [0.05, 0.1) is 14.3 Å². The van der Waals surface area contributed by atoms with Gasteiger partial charge in [0.2, 0.25) is 0 Å². The molecule has 1 aromatic carbocycles. The molecule has 1 aromatic rings. The van der Waals surface area contributed by atoms with Gasteiger partial charge < -0.3 is 14.6 Å². The molecule has 0 aliphatic heterocycles. The number of hydrogen-bond donors (Lipinski definition) is 1. The van der Waals surface area contributed by atoms with E-state index in [0.717, 1.165) is 3.57 Å². The third kappa shape index (κ3) is 3.74. The standard InChI is InChI=1S/C13H14I2O4/c1-6(2)13(17)19-7(3)8-5-9(14)12(18-4)10(15)11(8)16/h5,7,16H,1H2,2-4H3. The van der Waals surface area contributed by atoms with Crippen molar-refractivity contribution in [1.29, 1.82) is 0 Å². The summed E-state index contributed by atoms with van der Waals surface area (Å²) in [7, 11) is 1.54. The van der Waals surface area contributed by atoms with Gasteiger partial charge in [0.1, 0.15) is 17.6 Å². The zero-order chi connectivity index (χ0) is 14.7. The van der Waals surface area contributed by atoms with E-state index >= 15 is 0 Å². The first-order valence-corrected chi connectivity index (χ1v) is 7.56. The molecule has 0 aliphatic rings. The predicted molar refractivity (Wildman–Crippen MR) is 89.4 cm³/mol. The van der Waals surface area contributed by atoms with Gasteiger partial charge >= 0.3 is 5.97 Å². The smallest absolute Gasteiger partial charge is 0.333 e. The minimum atomic E-state index is -0.558. The van der Waals surface area contributed by atoms with Crippen molar-refractivity contribution >= 4 is 51.2 Å². The van der Waals surface area contributed by atoms with Crippen LogP contribution in [-0.2, 0) is 9.53 Å². The number of phenolic OH excluding ortho intramolecular Hbond substituents is 1. The van der Waals surface area contributed by atoms with E-state index in [1.165, 1.54) is 0 Å². The second kappa shape index (κ2) is 6.78. The van der Waals surface area contributed by atoms with Crippen LogP contribution in [0.1, 0.15) is 25.5 Å². The fourth-order valence-electron chi connectivity index (χ4n) is 1.43. The number of methoxy groups -OCH3 is 1. The zero-order valence-electron chi connectivity index (χ0n) is 10.8. The third-order valence-electron chi connectivity index (χ3n) is 2.45. The molecule has 1 rings (SSSR count). The maximum atomic E-state index is 11.5. The fourth-order valence-corrected chi connectivity index (χ4v) is 3.59. The van der Waals surface area contributed by atoms with Crippen LogP contribution in [0.2, 0.25) is 0 Å². The summed E-state index contributed by atoms with van der Waals surface area (Å²) in [6.07, 6.45) is -0.558. The molecule has 0 aliphatic carbocycles. The molecule has 0 radical (unpaired) electrons. The van der Waals surface area contributed by atoms with Gasteiger partial charge in [-0.3, -0.25) is 0 Å². The molecule has 1 atom stereocenters. The Morgan fingerprint density at radius 1 is 1.47 bits per heavy atom. The van der Waals surface area contributed by atoms with E-state index in [1.807, 2.05) is 22.6 Å². The van der Waals surface area contributed by atoms with Gasteiger partial charge in [-0.2, -0.15) is 0 Å². The van der Waals surface area contributed by atoms with Crippen molar-refractivity contribution in [2.45, 2.75) is 20.0 Å². The van der Waals surface area contributed by atoms with Crippen LogP contribution in [-0.4, -0.2) is 18.2 Å². The van der Waals surface area contributed by atoms with Gasteiger partial charge in [0.25, 0.3) is 0 Å². The summed E-state index contributed by atoms with van der Waals surface area (Å²) in [5.41, 5.74) is 0.869. The van der Waals surface area contributed by atoms with Crippen LogP contribution >= 0.6 is 45.2 Å². The number of phenols is 1. The third-order valence-corrected chi connectivity index (χ3v) is 4.26. The highest BCUT2D eigenvalue weighted by Gasteiger charge is 2.21. The Bertz CT molecular complexity index is 526. The summed E-state index contributed by atoms with van der Waals surface area (Å²) in [4.78, 5) is 11.5. The normalized spacial score (nSPS) is 11.8. The van der Waals surface area contributed by atoms with E-state index in [-0.39, 0.29) is 5.75 Å². The summed E-state index contributed by atoms with van der Waals surface area (Å²) in [5, 5.41) is 10.2. The Labute approximate surface area is 139 Å². The highest BCUT2D eigenvalue weighted by molar-refractivity contribution is 14.1. The SMILES string of the molecule is C=C(C)C(=O)OC(C)c1cc(I)c(OC)c(I)c1O. The lowest BCUT2D eigenvalue weighted by Crippen LogP contribution is -2.10. The molecule has 0 amide bonds. The van der Waals surface area contributed by atoms with Crippen LogP contribution in [0.3, 0.4) is 0 Å². The van der Waals surface area contributed by atoms with E-state index in [0.29, 0.717) is 20.5 Å². The minimum Gasteiger partial charge on any atom is -0.506 e. The average molecular weight is 488 g/mol. The van der Waals surface area contributed by atoms with Gasteiger partial charge in [0.15, 0.2) is 0 Å². The van der Waals surface area contributed by atoms with Gasteiger partial charge in [0, 0.05) is 11.1 Å². The highest BCUT2D eigenvalue weighted by atomic mass is 127. The van der Waals surface area contributed by atoms with E-state index in [1.54, 1.807) is 27.0 Å². The summed E-state index contributed by atoms with van der Waals surface area (Å²) in [5.74, 6) is 0.202. The van der Waals surface area contributed by atoms with Crippen molar-refractivity contribution in [3.8, 4) is 11.5 Å². The summed E-state index contributed by atoms with van der Waals surface area (Å²) < 4.78 is 11.9. The van der Waals surface area contributed by atoms with Gasteiger partial charge in [-0.25, -0.2) is 4.79 Å².